The highest BCUT2D eigenvalue weighted by Gasteiger charge is 2.19. The van der Waals surface area contributed by atoms with Gasteiger partial charge in [0.2, 0.25) is 0 Å². The maximum atomic E-state index is 8.93. The summed E-state index contributed by atoms with van der Waals surface area (Å²) in [7, 11) is 0. The van der Waals surface area contributed by atoms with Gasteiger partial charge in [-0.3, -0.25) is 0 Å². The lowest BCUT2D eigenvalue weighted by Crippen LogP contribution is -2.39. The Labute approximate surface area is 106 Å². The fourth-order valence-corrected chi connectivity index (χ4v) is 2.29. The molecule has 0 bridgehead atoms. The normalized spacial score (nSPS) is 16.9. The molecular formula is C12H15ClN4. The largest absolute Gasteiger partial charge is 0.397 e. The maximum Gasteiger partial charge on any atom is 0.0993 e. The lowest BCUT2D eigenvalue weighted by Gasteiger charge is -2.32. The number of anilines is 2. The van der Waals surface area contributed by atoms with Gasteiger partial charge in [0.15, 0.2) is 0 Å². The van der Waals surface area contributed by atoms with Crippen LogP contribution >= 0.6 is 11.6 Å². The third-order valence-corrected chi connectivity index (χ3v) is 3.50. The molecule has 17 heavy (non-hydrogen) atoms. The van der Waals surface area contributed by atoms with Gasteiger partial charge in [0.1, 0.15) is 0 Å². The average molecular weight is 251 g/mol. The first-order valence-corrected chi connectivity index (χ1v) is 5.99. The minimum Gasteiger partial charge on any atom is -0.397 e. The van der Waals surface area contributed by atoms with Crippen LogP contribution in [0, 0.1) is 11.3 Å². The highest BCUT2D eigenvalue weighted by molar-refractivity contribution is 6.35. The summed E-state index contributed by atoms with van der Waals surface area (Å²) in [6.45, 7) is 1.71. The number of hydrogen-bond donors (Lipinski definition) is 2. The number of benzene rings is 1. The molecule has 1 aliphatic heterocycles. The molecule has 1 saturated heterocycles. The van der Waals surface area contributed by atoms with Crippen LogP contribution in [0.4, 0.5) is 11.4 Å². The van der Waals surface area contributed by atoms with E-state index in [1.54, 1.807) is 12.1 Å². The molecule has 5 heteroatoms. The summed E-state index contributed by atoms with van der Waals surface area (Å²) in [6.07, 6.45) is 1.88. The minimum atomic E-state index is 0.265. The topological polar surface area (TPSA) is 79.1 Å². The Balaban J connectivity index is 2.32. The molecule has 1 aromatic rings. The Bertz CT molecular complexity index is 458. The van der Waals surface area contributed by atoms with Gasteiger partial charge < -0.3 is 16.4 Å². The van der Waals surface area contributed by atoms with Crippen molar-refractivity contribution in [3.05, 3.63) is 22.7 Å². The van der Waals surface area contributed by atoms with Crippen molar-refractivity contribution in [2.24, 2.45) is 5.73 Å². The second-order valence-corrected chi connectivity index (χ2v) is 4.71. The molecule has 90 valence electrons. The van der Waals surface area contributed by atoms with Crippen LogP contribution in [0.15, 0.2) is 12.1 Å². The van der Waals surface area contributed by atoms with Crippen molar-refractivity contribution in [2.45, 2.75) is 18.9 Å². The third-order valence-electron chi connectivity index (χ3n) is 3.09. The van der Waals surface area contributed by atoms with Crippen molar-refractivity contribution in [3.63, 3.8) is 0 Å². The van der Waals surface area contributed by atoms with E-state index in [1.165, 1.54) is 0 Å². The Kier molecular flexibility index (Phi) is 3.41. The number of nitrogens with two attached hydrogens (primary N) is 2. The summed E-state index contributed by atoms with van der Waals surface area (Å²) in [5, 5.41) is 9.46. The molecule has 0 spiro atoms. The molecule has 0 aromatic heterocycles. The molecule has 0 saturated carbocycles. The highest BCUT2D eigenvalue weighted by Crippen LogP contribution is 2.33. The smallest absolute Gasteiger partial charge is 0.0993 e. The average Bonchev–Trinajstić information content (AvgIpc) is 2.34. The molecule has 0 radical (unpaired) electrons. The molecule has 1 fully saturated rings. The molecule has 0 unspecified atom stereocenters. The molecule has 1 aliphatic rings. The van der Waals surface area contributed by atoms with Crippen LogP contribution in [-0.2, 0) is 0 Å². The van der Waals surface area contributed by atoms with E-state index in [0.717, 1.165) is 31.6 Å². The lowest BCUT2D eigenvalue weighted by atomic mass is 10.0. The van der Waals surface area contributed by atoms with Crippen LogP contribution in [0.5, 0.6) is 0 Å². The van der Waals surface area contributed by atoms with Crippen LogP contribution in [0.1, 0.15) is 18.4 Å². The van der Waals surface area contributed by atoms with Crippen molar-refractivity contribution in [1.82, 2.24) is 0 Å². The van der Waals surface area contributed by atoms with Crippen molar-refractivity contribution >= 4 is 23.0 Å². The molecular weight excluding hydrogens is 236 g/mol. The summed E-state index contributed by atoms with van der Waals surface area (Å²) in [5.41, 5.74) is 13.5. The van der Waals surface area contributed by atoms with Gasteiger partial charge in [0.25, 0.3) is 0 Å². The van der Waals surface area contributed by atoms with E-state index in [2.05, 4.69) is 11.0 Å². The predicted octanol–water partition coefficient (Wildman–Crippen LogP) is 1.72. The molecule has 0 amide bonds. The van der Waals surface area contributed by atoms with Crippen LogP contribution in [0.2, 0.25) is 5.02 Å². The zero-order valence-corrected chi connectivity index (χ0v) is 10.2. The van der Waals surface area contributed by atoms with Crippen molar-refractivity contribution in [3.8, 4) is 6.07 Å². The zero-order chi connectivity index (χ0) is 12.4. The molecule has 4 N–H and O–H groups in total. The standard InChI is InChI=1S/C12H15ClN4/c13-12-10(16)5-8(7-14)6-11(12)17-3-1-9(15)2-4-17/h5-6,9H,1-4,15-16H2. The third kappa shape index (κ3) is 2.46. The van der Waals surface area contributed by atoms with E-state index in [9.17, 15) is 0 Å². The second-order valence-electron chi connectivity index (χ2n) is 4.33. The number of hydrogen-bond acceptors (Lipinski definition) is 4. The first kappa shape index (κ1) is 12.0. The van der Waals surface area contributed by atoms with Crippen LogP contribution in [0.3, 0.4) is 0 Å². The first-order valence-electron chi connectivity index (χ1n) is 5.61. The highest BCUT2D eigenvalue weighted by atomic mass is 35.5. The predicted molar refractivity (Wildman–Crippen MR) is 70.0 cm³/mol. The monoisotopic (exact) mass is 250 g/mol. The number of nitrogens with zero attached hydrogens (tertiary/aromatic N) is 2. The lowest BCUT2D eigenvalue weighted by molar-refractivity contribution is 0.501. The van der Waals surface area contributed by atoms with E-state index in [0.29, 0.717) is 16.3 Å². The van der Waals surface area contributed by atoms with Gasteiger partial charge in [0, 0.05) is 19.1 Å². The van der Waals surface area contributed by atoms with E-state index in [1.807, 2.05) is 0 Å². The van der Waals surface area contributed by atoms with Gasteiger partial charge in [-0.2, -0.15) is 5.26 Å². The van der Waals surface area contributed by atoms with Crippen LogP contribution in [-0.4, -0.2) is 19.1 Å². The maximum absolute atomic E-state index is 8.93. The molecule has 4 nitrogen and oxygen atoms in total. The number of nitriles is 1. The SMILES string of the molecule is N#Cc1cc(N)c(Cl)c(N2CCC(N)CC2)c1. The summed E-state index contributed by atoms with van der Waals surface area (Å²) in [6, 6.07) is 5.74. The summed E-state index contributed by atoms with van der Waals surface area (Å²) in [4.78, 5) is 2.14. The molecule has 2 rings (SSSR count). The fourth-order valence-electron chi connectivity index (χ4n) is 2.07. The summed E-state index contributed by atoms with van der Waals surface area (Å²) < 4.78 is 0. The van der Waals surface area contributed by atoms with E-state index in [-0.39, 0.29) is 6.04 Å². The Morgan fingerprint density at radius 1 is 1.35 bits per heavy atom. The van der Waals surface area contributed by atoms with Gasteiger partial charge in [-0.1, -0.05) is 11.6 Å². The number of halogens is 1. The van der Waals surface area contributed by atoms with Gasteiger partial charge in [-0.15, -0.1) is 0 Å². The zero-order valence-electron chi connectivity index (χ0n) is 9.49. The Morgan fingerprint density at radius 3 is 2.59 bits per heavy atom. The van der Waals surface area contributed by atoms with Crippen molar-refractivity contribution in [2.75, 3.05) is 23.7 Å². The molecule has 1 aromatic carbocycles. The van der Waals surface area contributed by atoms with E-state index >= 15 is 0 Å². The number of nitrogen functional groups attached to an aromatic ring is 1. The molecule has 1 heterocycles. The van der Waals surface area contributed by atoms with E-state index < -0.39 is 0 Å². The van der Waals surface area contributed by atoms with Crippen molar-refractivity contribution < 1.29 is 0 Å². The quantitative estimate of drug-likeness (QED) is 0.744. The number of rotatable bonds is 1. The molecule has 0 aliphatic carbocycles. The second kappa shape index (κ2) is 4.82. The van der Waals surface area contributed by atoms with Crippen molar-refractivity contribution in [1.29, 1.82) is 5.26 Å². The van der Waals surface area contributed by atoms with Gasteiger partial charge in [-0.05, 0) is 25.0 Å². The Hall–Kier alpha value is -1.44. The van der Waals surface area contributed by atoms with Crippen LogP contribution < -0.4 is 16.4 Å². The summed E-state index contributed by atoms with van der Waals surface area (Å²) >= 11 is 6.18. The Morgan fingerprint density at radius 2 is 2.00 bits per heavy atom. The fraction of sp³-hybridized carbons (Fsp3) is 0.417. The number of piperidine rings is 1. The molecule has 0 atom stereocenters. The van der Waals surface area contributed by atoms with Gasteiger partial charge in [-0.25, -0.2) is 0 Å². The van der Waals surface area contributed by atoms with Gasteiger partial charge in [0.05, 0.1) is 28.0 Å². The summed E-state index contributed by atoms with van der Waals surface area (Å²) in [5.74, 6) is 0. The van der Waals surface area contributed by atoms with E-state index in [4.69, 9.17) is 28.3 Å². The van der Waals surface area contributed by atoms with Crippen LogP contribution in [0.25, 0.3) is 0 Å². The first-order chi connectivity index (χ1) is 8.11. The minimum absolute atomic E-state index is 0.265. The van der Waals surface area contributed by atoms with Gasteiger partial charge >= 0.3 is 0 Å².